The highest BCUT2D eigenvalue weighted by molar-refractivity contribution is 7.92. The fourth-order valence-electron chi connectivity index (χ4n) is 3.77. The van der Waals surface area contributed by atoms with Crippen molar-refractivity contribution in [3.63, 3.8) is 0 Å². The Morgan fingerprint density at radius 1 is 1.03 bits per heavy atom. The zero-order chi connectivity index (χ0) is 27.0. The average Bonchev–Trinajstić information content (AvgIpc) is 2.80. The molecule has 0 bridgehead atoms. The van der Waals surface area contributed by atoms with E-state index >= 15 is 0 Å². The minimum atomic E-state index is -3.59. The summed E-state index contributed by atoms with van der Waals surface area (Å²) < 4.78 is 26.3. The lowest BCUT2D eigenvalue weighted by Gasteiger charge is -2.30. The molecule has 0 fully saturated rings. The molecule has 2 aromatic carbocycles. The summed E-state index contributed by atoms with van der Waals surface area (Å²) in [7, 11) is -3.59. The molecule has 198 valence electrons. The van der Waals surface area contributed by atoms with Crippen LogP contribution in [0.25, 0.3) is 0 Å². The summed E-state index contributed by atoms with van der Waals surface area (Å²) in [5.74, 6) is -0.130. The third-order valence-electron chi connectivity index (χ3n) is 5.99. The number of carbonyl (C=O) groups excluding carboxylic acids is 2. The first-order chi connectivity index (χ1) is 16.8. The molecule has 0 saturated carbocycles. The van der Waals surface area contributed by atoms with Crippen molar-refractivity contribution in [2.45, 2.75) is 60.0 Å². The van der Waals surface area contributed by atoms with Crippen molar-refractivity contribution in [3.8, 4) is 0 Å². The Balaban J connectivity index is 2.19. The Morgan fingerprint density at radius 2 is 1.67 bits per heavy atom. The summed E-state index contributed by atoms with van der Waals surface area (Å²) in [6, 6.07) is 12.3. The van der Waals surface area contributed by atoms with E-state index in [0.717, 1.165) is 17.4 Å². The van der Waals surface area contributed by atoms with Gasteiger partial charge in [-0.2, -0.15) is 0 Å². The van der Waals surface area contributed by atoms with Crippen LogP contribution in [0.1, 0.15) is 50.3 Å². The second-order valence-electron chi connectivity index (χ2n) is 9.64. The van der Waals surface area contributed by atoms with Crippen LogP contribution in [0.5, 0.6) is 0 Å². The van der Waals surface area contributed by atoms with Gasteiger partial charge in [0.15, 0.2) is 0 Å². The van der Waals surface area contributed by atoms with Crippen LogP contribution in [0, 0.1) is 19.8 Å². The van der Waals surface area contributed by atoms with E-state index < -0.39 is 16.1 Å². The molecule has 0 heterocycles. The van der Waals surface area contributed by atoms with Crippen molar-refractivity contribution in [1.29, 1.82) is 0 Å². The lowest BCUT2D eigenvalue weighted by Crippen LogP contribution is -2.48. The normalized spacial score (nSPS) is 12.3. The molecule has 0 spiro atoms. The topological polar surface area (TPSA) is 86.8 Å². The van der Waals surface area contributed by atoms with Crippen molar-refractivity contribution in [3.05, 3.63) is 64.2 Å². The minimum absolute atomic E-state index is 0.0965. The fourth-order valence-corrected chi connectivity index (χ4v) is 4.96. The first-order valence-electron chi connectivity index (χ1n) is 12.2. The van der Waals surface area contributed by atoms with Crippen molar-refractivity contribution in [2.75, 3.05) is 23.7 Å². The average molecular weight is 536 g/mol. The fraction of sp³-hybridized carbons (Fsp3) is 0.481. The van der Waals surface area contributed by atoms with E-state index in [9.17, 15) is 18.0 Å². The summed E-state index contributed by atoms with van der Waals surface area (Å²) in [6.45, 7) is 10.4. The molecular weight excluding hydrogens is 498 g/mol. The van der Waals surface area contributed by atoms with Gasteiger partial charge in [0.1, 0.15) is 6.04 Å². The highest BCUT2D eigenvalue weighted by Crippen LogP contribution is 2.28. The maximum Gasteiger partial charge on any atom is 0.242 e. The van der Waals surface area contributed by atoms with Crippen LogP contribution in [0.3, 0.4) is 0 Å². The number of rotatable bonds is 12. The van der Waals surface area contributed by atoms with Gasteiger partial charge in [-0.25, -0.2) is 8.42 Å². The lowest BCUT2D eigenvalue weighted by molar-refractivity contribution is -0.140. The Labute approximate surface area is 220 Å². The van der Waals surface area contributed by atoms with Crippen LogP contribution >= 0.6 is 11.6 Å². The monoisotopic (exact) mass is 535 g/mol. The van der Waals surface area contributed by atoms with E-state index in [1.54, 1.807) is 36.9 Å². The number of anilines is 1. The number of aryl methyl sites for hydroxylation is 1. The van der Waals surface area contributed by atoms with Gasteiger partial charge in [0, 0.05) is 31.1 Å². The molecular formula is C27H38ClN3O4S. The summed E-state index contributed by atoms with van der Waals surface area (Å²) in [4.78, 5) is 27.7. The lowest BCUT2D eigenvalue weighted by atomic mass is 10.1. The molecule has 36 heavy (non-hydrogen) atoms. The SMILES string of the molecule is Cc1ccc(CN(C(=O)CCCN(c2cccc(Cl)c2C)S(C)(=O)=O)C(C)C(=O)NCC(C)C)cc1. The third kappa shape index (κ3) is 8.52. The molecule has 7 nitrogen and oxygen atoms in total. The highest BCUT2D eigenvalue weighted by Gasteiger charge is 2.27. The molecule has 0 saturated heterocycles. The van der Waals surface area contributed by atoms with Gasteiger partial charge in [0.05, 0.1) is 11.9 Å². The molecule has 0 aliphatic rings. The maximum absolute atomic E-state index is 13.3. The zero-order valence-corrected chi connectivity index (χ0v) is 23.6. The Bertz CT molecular complexity index is 1150. The molecule has 0 aliphatic carbocycles. The van der Waals surface area contributed by atoms with Crippen LogP contribution < -0.4 is 9.62 Å². The number of benzene rings is 2. The summed E-state index contributed by atoms with van der Waals surface area (Å²) in [5, 5.41) is 3.38. The van der Waals surface area contributed by atoms with Crippen LogP contribution in [-0.2, 0) is 26.2 Å². The molecule has 1 unspecified atom stereocenters. The highest BCUT2D eigenvalue weighted by atomic mass is 35.5. The largest absolute Gasteiger partial charge is 0.354 e. The molecule has 2 amide bonds. The van der Waals surface area contributed by atoms with Gasteiger partial charge in [0.2, 0.25) is 21.8 Å². The third-order valence-corrected chi connectivity index (χ3v) is 7.57. The molecule has 0 radical (unpaired) electrons. The van der Waals surface area contributed by atoms with Gasteiger partial charge < -0.3 is 10.2 Å². The molecule has 2 rings (SSSR count). The van der Waals surface area contributed by atoms with E-state index in [-0.39, 0.29) is 24.8 Å². The van der Waals surface area contributed by atoms with Gasteiger partial charge in [-0.1, -0.05) is 61.3 Å². The van der Waals surface area contributed by atoms with Crippen LogP contribution in [0.2, 0.25) is 5.02 Å². The molecule has 0 aromatic heterocycles. The Morgan fingerprint density at radius 3 is 2.25 bits per heavy atom. The van der Waals surface area contributed by atoms with Gasteiger partial charge in [-0.05, 0) is 56.4 Å². The molecule has 0 aliphatic heterocycles. The van der Waals surface area contributed by atoms with Crippen molar-refractivity contribution < 1.29 is 18.0 Å². The van der Waals surface area contributed by atoms with Crippen molar-refractivity contribution >= 4 is 39.1 Å². The molecule has 9 heteroatoms. The van der Waals surface area contributed by atoms with Gasteiger partial charge in [-0.15, -0.1) is 0 Å². The number of sulfonamides is 1. The van der Waals surface area contributed by atoms with Gasteiger partial charge >= 0.3 is 0 Å². The smallest absolute Gasteiger partial charge is 0.242 e. The second kappa shape index (κ2) is 13.1. The van der Waals surface area contributed by atoms with Crippen molar-refractivity contribution in [1.82, 2.24) is 10.2 Å². The number of halogens is 1. The molecule has 1 atom stereocenters. The van der Waals surface area contributed by atoms with Crippen LogP contribution in [-0.4, -0.2) is 50.5 Å². The maximum atomic E-state index is 13.3. The predicted octanol–water partition coefficient (Wildman–Crippen LogP) is 4.69. The molecule has 1 N–H and O–H groups in total. The summed E-state index contributed by atoms with van der Waals surface area (Å²) >= 11 is 6.21. The zero-order valence-electron chi connectivity index (χ0n) is 22.0. The Kier molecular flexibility index (Phi) is 10.8. The summed E-state index contributed by atoms with van der Waals surface area (Å²) in [6.07, 6.45) is 1.53. The standard InChI is InChI=1S/C27H38ClN3O4S/c1-19(2)17-29-27(33)22(5)30(18-23-14-12-20(3)13-15-23)26(32)11-8-16-31(36(6,34)35)25-10-7-9-24(28)21(25)4/h7,9-10,12-15,19,22H,8,11,16-18H2,1-6H3,(H,29,33). The van der Waals surface area contributed by atoms with E-state index in [0.29, 0.717) is 41.7 Å². The number of carbonyl (C=O) groups is 2. The van der Waals surface area contributed by atoms with E-state index in [4.69, 9.17) is 11.6 Å². The molecule has 2 aromatic rings. The van der Waals surface area contributed by atoms with E-state index in [2.05, 4.69) is 5.32 Å². The number of hydrogen-bond acceptors (Lipinski definition) is 4. The summed E-state index contributed by atoms with van der Waals surface area (Å²) in [5.41, 5.74) is 3.18. The van der Waals surface area contributed by atoms with Crippen LogP contribution in [0.15, 0.2) is 42.5 Å². The number of nitrogens with one attached hydrogen (secondary N) is 1. The Hall–Kier alpha value is -2.58. The van der Waals surface area contributed by atoms with E-state index in [1.807, 2.05) is 45.0 Å². The second-order valence-corrected chi connectivity index (χ2v) is 12.0. The van der Waals surface area contributed by atoms with Gasteiger partial charge in [-0.3, -0.25) is 13.9 Å². The number of hydrogen-bond donors (Lipinski definition) is 1. The number of amides is 2. The van der Waals surface area contributed by atoms with Gasteiger partial charge in [0.25, 0.3) is 0 Å². The van der Waals surface area contributed by atoms with Crippen LogP contribution in [0.4, 0.5) is 5.69 Å². The first kappa shape index (κ1) is 29.6. The minimum Gasteiger partial charge on any atom is -0.354 e. The number of nitrogens with zero attached hydrogens (tertiary/aromatic N) is 2. The van der Waals surface area contributed by atoms with E-state index in [1.165, 1.54) is 4.31 Å². The quantitative estimate of drug-likeness (QED) is 0.427. The van der Waals surface area contributed by atoms with Crippen molar-refractivity contribution in [2.24, 2.45) is 5.92 Å². The first-order valence-corrected chi connectivity index (χ1v) is 14.4. The predicted molar refractivity (Wildman–Crippen MR) is 147 cm³/mol.